The molecule has 0 aromatic heterocycles. The van der Waals surface area contributed by atoms with Crippen molar-refractivity contribution in [3.8, 4) is 17.2 Å². The van der Waals surface area contributed by atoms with Crippen LogP contribution in [0.15, 0.2) is 42.5 Å². The minimum atomic E-state index is 0.0209. The molecule has 0 unspecified atom stereocenters. The van der Waals surface area contributed by atoms with E-state index in [1.165, 1.54) is 5.56 Å². The van der Waals surface area contributed by atoms with Gasteiger partial charge in [-0.3, -0.25) is 9.69 Å². The predicted octanol–water partition coefficient (Wildman–Crippen LogP) is 4.12. The van der Waals surface area contributed by atoms with E-state index in [1.807, 2.05) is 30.3 Å². The third kappa shape index (κ3) is 4.42. The van der Waals surface area contributed by atoms with Gasteiger partial charge in [0.1, 0.15) is 23.9 Å². The molecule has 1 atom stereocenters. The maximum absolute atomic E-state index is 11.7. The first-order valence-corrected chi connectivity index (χ1v) is 9.32. The number of nitrogens with zero attached hydrogens (tertiary/aromatic N) is 1. The molecule has 1 heterocycles. The van der Waals surface area contributed by atoms with Crippen LogP contribution in [0, 0.1) is 0 Å². The number of likely N-dealkylation sites (tertiary alicyclic amines) is 1. The first kappa shape index (κ1) is 19.2. The molecule has 0 saturated carbocycles. The van der Waals surface area contributed by atoms with Gasteiger partial charge in [-0.1, -0.05) is 18.2 Å². The van der Waals surface area contributed by atoms with Crippen molar-refractivity contribution in [3.63, 3.8) is 0 Å². The molecule has 0 radical (unpaired) electrons. The zero-order valence-corrected chi connectivity index (χ0v) is 16.2. The molecule has 1 fully saturated rings. The normalized spacial score (nSPS) is 16.9. The Kier molecular flexibility index (Phi) is 6.35. The van der Waals surface area contributed by atoms with Gasteiger partial charge >= 0.3 is 0 Å². The van der Waals surface area contributed by atoms with Gasteiger partial charge in [0.05, 0.1) is 19.8 Å². The fourth-order valence-electron chi connectivity index (χ4n) is 3.70. The van der Waals surface area contributed by atoms with E-state index in [0.717, 1.165) is 37.4 Å². The van der Waals surface area contributed by atoms with Crippen molar-refractivity contribution < 1.29 is 19.0 Å². The molecule has 0 aliphatic carbocycles. The van der Waals surface area contributed by atoms with Gasteiger partial charge in [-0.05, 0) is 44.5 Å². The number of carbonyl (C=O) groups excluding carboxylic acids is 1. The Bertz CT molecular complexity index is 790. The zero-order valence-electron chi connectivity index (χ0n) is 16.2. The highest BCUT2D eigenvalue weighted by Crippen LogP contribution is 2.38. The minimum Gasteiger partial charge on any atom is -0.497 e. The van der Waals surface area contributed by atoms with E-state index in [9.17, 15) is 4.79 Å². The van der Waals surface area contributed by atoms with E-state index < -0.39 is 0 Å². The van der Waals surface area contributed by atoms with Gasteiger partial charge in [0.25, 0.3) is 0 Å². The summed E-state index contributed by atoms with van der Waals surface area (Å²) in [6.45, 7) is 3.93. The van der Waals surface area contributed by atoms with Crippen LogP contribution in [0.5, 0.6) is 17.2 Å². The van der Waals surface area contributed by atoms with Crippen molar-refractivity contribution >= 4 is 5.78 Å². The molecule has 27 heavy (non-hydrogen) atoms. The van der Waals surface area contributed by atoms with Crippen molar-refractivity contribution in [3.05, 3.63) is 53.6 Å². The predicted molar refractivity (Wildman–Crippen MR) is 105 cm³/mol. The summed E-state index contributed by atoms with van der Waals surface area (Å²) in [5, 5.41) is 0. The van der Waals surface area contributed by atoms with Gasteiger partial charge in [-0.2, -0.15) is 0 Å². The summed E-state index contributed by atoms with van der Waals surface area (Å²) in [6, 6.07) is 13.7. The molecule has 144 valence electrons. The first-order chi connectivity index (χ1) is 13.1. The van der Waals surface area contributed by atoms with E-state index in [0.29, 0.717) is 24.0 Å². The summed E-state index contributed by atoms with van der Waals surface area (Å²) in [5.41, 5.74) is 1.81. The molecule has 1 saturated heterocycles. The largest absolute Gasteiger partial charge is 0.497 e. The van der Waals surface area contributed by atoms with Crippen LogP contribution in [-0.2, 0) is 0 Å². The maximum atomic E-state index is 11.7. The molecule has 0 spiro atoms. The lowest BCUT2D eigenvalue weighted by molar-refractivity contribution is 0.101. The van der Waals surface area contributed by atoms with Crippen LogP contribution in [0.25, 0.3) is 0 Å². The standard InChI is InChI=1S/C22H27NO4/c1-16(24)18-7-4-5-9-21(18)27-14-13-23-12-6-8-20(23)19-11-10-17(25-2)15-22(19)26-3/h4-5,7,9-11,15,20H,6,8,12-14H2,1-3H3/t20-/m1/s1. The summed E-state index contributed by atoms with van der Waals surface area (Å²) in [5.74, 6) is 2.33. The van der Waals surface area contributed by atoms with Gasteiger partial charge in [-0.15, -0.1) is 0 Å². The topological polar surface area (TPSA) is 48.0 Å². The van der Waals surface area contributed by atoms with Crippen LogP contribution in [0.3, 0.4) is 0 Å². The molecule has 0 bridgehead atoms. The number of Topliss-reactive ketones (excluding diaryl/α,β-unsaturated/α-hetero) is 1. The number of hydrogen-bond acceptors (Lipinski definition) is 5. The molecule has 1 aliphatic heterocycles. The number of hydrogen-bond donors (Lipinski definition) is 0. The van der Waals surface area contributed by atoms with Crippen LogP contribution in [-0.4, -0.2) is 44.6 Å². The Morgan fingerprint density at radius 2 is 1.93 bits per heavy atom. The molecule has 2 aromatic carbocycles. The summed E-state index contributed by atoms with van der Waals surface area (Å²) in [4.78, 5) is 14.1. The summed E-state index contributed by atoms with van der Waals surface area (Å²) in [6.07, 6.45) is 2.23. The third-order valence-corrected chi connectivity index (χ3v) is 5.07. The number of methoxy groups -OCH3 is 2. The van der Waals surface area contributed by atoms with Gasteiger partial charge in [0.15, 0.2) is 5.78 Å². The molecule has 5 nitrogen and oxygen atoms in total. The Morgan fingerprint density at radius 1 is 1.11 bits per heavy atom. The lowest BCUT2D eigenvalue weighted by Crippen LogP contribution is -2.28. The van der Waals surface area contributed by atoms with Crippen LogP contribution in [0.1, 0.15) is 41.7 Å². The zero-order chi connectivity index (χ0) is 19.2. The van der Waals surface area contributed by atoms with Gasteiger partial charge in [0, 0.05) is 24.2 Å². The average molecular weight is 369 g/mol. The van der Waals surface area contributed by atoms with Crippen LogP contribution < -0.4 is 14.2 Å². The molecule has 5 heteroatoms. The van der Waals surface area contributed by atoms with Crippen molar-refractivity contribution in [2.24, 2.45) is 0 Å². The van der Waals surface area contributed by atoms with Crippen molar-refractivity contribution in [1.82, 2.24) is 4.90 Å². The van der Waals surface area contributed by atoms with E-state index >= 15 is 0 Å². The SMILES string of the molecule is COc1ccc([C@H]2CCCN2CCOc2ccccc2C(C)=O)c(OC)c1. The van der Waals surface area contributed by atoms with Crippen LogP contribution >= 0.6 is 0 Å². The van der Waals surface area contributed by atoms with Gasteiger partial charge < -0.3 is 14.2 Å². The summed E-state index contributed by atoms with van der Waals surface area (Å²) < 4.78 is 16.8. The number of ketones is 1. The lowest BCUT2D eigenvalue weighted by Gasteiger charge is -2.26. The molecule has 3 rings (SSSR count). The Labute approximate surface area is 160 Å². The minimum absolute atomic E-state index is 0.0209. The van der Waals surface area contributed by atoms with Crippen molar-refractivity contribution in [2.75, 3.05) is 33.9 Å². The second-order valence-corrected chi connectivity index (χ2v) is 6.70. The maximum Gasteiger partial charge on any atom is 0.163 e. The highest BCUT2D eigenvalue weighted by molar-refractivity contribution is 5.96. The average Bonchev–Trinajstić information content (AvgIpc) is 3.16. The van der Waals surface area contributed by atoms with Gasteiger partial charge in [0.2, 0.25) is 0 Å². The van der Waals surface area contributed by atoms with Crippen molar-refractivity contribution in [2.45, 2.75) is 25.8 Å². The molecule has 0 amide bonds. The Balaban J connectivity index is 1.67. The highest BCUT2D eigenvalue weighted by Gasteiger charge is 2.28. The smallest absolute Gasteiger partial charge is 0.163 e. The number of carbonyl (C=O) groups is 1. The molecule has 0 N–H and O–H groups in total. The van der Waals surface area contributed by atoms with E-state index in [1.54, 1.807) is 27.2 Å². The Morgan fingerprint density at radius 3 is 2.67 bits per heavy atom. The molecule has 2 aromatic rings. The highest BCUT2D eigenvalue weighted by atomic mass is 16.5. The van der Waals surface area contributed by atoms with Crippen LogP contribution in [0.4, 0.5) is 0 Å². The van der Waals surface area contributed by atoms with E-state index in [4.69, 9.17) is 14.2 Å². The summed E-state index contributed by atoms with van der Waals surface area (Å²) in [7, 11) is 3.35. The third-order valence-electron chi connectivity index (χ3n) is 5.07. The van der Waals surface area contributed by atoms with Crippen molar-refractivity contribution in [1.29, 1.82) is 0 Å². The molecule has 1 aliphatic rings. The summed E-state index contributed by atoms with van der Waals surface area (Å²) >= 11 is 0. The monoisotopic (exact) mass is 369 g/mol. The second-order valence-electron chi connectivity index (χ2n) is 6.70. The first-order valence-electron chi connectivity index (χ1n) is 9.32. The Hall–Kier alpha value is -2.53. The van der Waals surface area contributed by atoms with Crippen LogP contribution in [0.2, 0.25) is 0 Å². The number of rotatable bonds is 8. The fourth-order valence-corrected chi connectivity index (χ4v) is 3.70. The number of benzene rings is 2. The molecular weight excluding hydrogens is 342 g/mol. The van der Waals surface area contributed by atoms with E-state index in [-0.39, 0.29) is 5.78 Å². The fraction of sp³-hybridized carbons (Fsp3) is 0.409. The number of para-hydroxylation sites is 1. The number of ether oxygens (including phenoxy) is 3. The van der Waals surface area contributed by atoms with Gasteiger partial charge in [-0.25, -0.2) is 0 Å². The lowest BCUT2D eigenvalue weighted by atomic mass is 10.0. The quantitative estimate of drug-likeness (QED) is 0.655. The molecular formula is C22H27NO4. The second kappa shape index (κ2) is 8.91. The van der Waals surface area contributed by atoms with E-state index in [2.05, 4.69) is 11.0 Å².